The number of aromatic nitrogens is 8. The largest absolute Gasteiger partial charge is 0.477 e. The smallest absolute Gasteiger partial charge is 0.387 e. The average Bonchev–Trinajstić information content (AvgIpc) is 3.93. The molecule has 0 amide bonds. The first kappa shape index (κ1) is 34.7. The number of rotatable bonds is 12. The fraction of sp³-hybridized carbons (Fsp3) is 0.688. The van der Waals surface area contributed by atoms with Crippen LogP contribution >= 0.6 is 0 Å². The van der Waals surface area contributed by atoms with Crippen molar-refractivity contribution >= 4 is 34.0 Å². The van der Waals surface area contributed by atoms with E-state index in [4.69, 9.17) is 19.1 Å². The molecule has 20 nitrogen and oxygen atoms in total. The van der Waals surface area contributed by atoms with Crippen LogP contribution in [0.15, 0.2) is 25.3 Å². The van der Waals surface area contributed by atoms with E-state index in [9.17, 15) is 25.3 Å². The molecule has 2 saturated carbocycles. The summed E-state index contributed by atoms with van der Waals surface area (Å²) in [6.45, 7) is -0.961. The van der Waals surface area contributed by atoms with E-state index in [1.807, 2.05) is 0 Å². The van der Waals surface area contributed by atoms with Crippen molar-refractivity contribution in [2.45, 2.75) is 125 Å². The maximum absolute atomic E-state index is 12.5. The summed E-state index contributed by atoms with van der Waals surface area (Å²) in [6.07, 6.45) is 6.92. The van der Waals surface area contributed by atoms with Crippen LogP contribution in [0.5, 0.6) is 0 Å². The normalized spacial score (nSPS) is 30.2. The van der Waals surface area contributed by atoms with E-state index in [0.717, 1.165) is 51.4 Å². The van der Waals surface area contributed by atoms with Crippen LogP contribution in [0.1, 0.15) is 76.7 Å². The Bertz CT molecular complexity index is 1720. The lowest BCUT2D eigenvalue weighted by Gasteiger charge is -2.23. The van der Waals surface area contributed by atoms with Gasteiger partial charge in [-0.1, -0.05) is 38.5 Å². The van der Waals surface area contributed by atoms with E-state index in [-0.39, 0.29) is 17.2 Å². The van der Waals surface area contributed by atoms with Gasteiger partial charge < -0.3 is 40.5 Å². The van der Waals surface area contributed by atoms with Crippen LogP contribution < -0.4 is 10.6 Å². The molecule has 2 saturated heterocycles. The van der Waals surface area contributed by atoms with Gasteiger partial charge in [0.1, 0.15) is 54.2 Å². The van der Waals surface area contributed by atoms with Gasteiger partial charge in [0.2, 0.25) is 0 Å². The Hall–Kier alpha value is -4.34. The van der Waals surface area contributed by atoms with E-state index >= 15 is 0 Å². The van der Waals surface area contributed by atoms with Crippen molar-refractivity contribution in [3.8, 4) is 0 Å². The molecular weight excluding hydrogens is 682 g/mol. The third-order valence-corrected chi connectivity index (χ3v) is 10.5. The molecule has 4 aromatic heterocycles. The summed E-state index contributed by atoms with van der Waals surface area (Å²) in [4.78, 5) is 49.0. The number of hydrogen-bond acceptors (Lipinski definition) is 17. The standard InChI is InChI=1S/C32H44N11O9/c44-23-19(51-31(25(23)46)41-15-37-21-27(33-13-35-29(21)41)39-17-7-3-1-4-8-17)11-49-43(48)50-12-20-24(45)26(47)32(52-20)42-16-38-22-28(34-14-36-30(22)42)40-18-9-5-2-6-10-18/h13-20,23-26,31-32,44-47H,1-12H2,(H,33,35,39)(H,34,36,40)/q+1/t19-,20-,23+,24+,25-,26-,31-,32-/m1/s1. The monoisotopic (exact) mass is 726 g/mol. The van der Waals surface area contributed by atoms with Crippen molar-refractivity contribution in [2.24, 2.45) is 0 Å². The van der Waals surface area contributed by atoms with E-state index in [0.29, 0.717) is 34.0 Å². The lowest BCUT2D eigenvalue weighted by atomic mass is 9.95. The van der Waals surface area contributed by atoms with Crippen LogP contribution in [0.25, 0.3) is 22.3 Å². The van der Waals surface area contributed by atoms with Crippen LogP contribution in [-0.2, 0) is 19.1 Å². The van der Waals surface area contributed by atoms with E-state index in [2.05, 4.69) is 40.5 Å². The van der Waals surface area contributed by atoms with E-state index in [1.165, 1.54) is 47.3 Å². The first-order valence-electron chi connectivity index (χ1n) is 18.0. The molecule has 4 fully saturated rings. The van der Waals surface area contributed by atoms with Gasteiger partial charge in [-0.3, -0.25) is 9.13 Å². The summed E-state index contributed by atoms with van der Waals surface area (Å²) < 4.78 is 14.8. The summed E-state index contributed by atoms with van der Waals surface area (Å²) in [7, 11) is 0. The second kappa shape index (κ2) is 15.0. The number of aliphatic hydroxyl groups excluding tert-OH is 4. The molecule has 0 aromatic carbocycles. The van der Waals surface area contributed by atoms with Crippen LogP contribution in [-0.4, -0.2) is 126 Å². The second-order valence-electron chi connectivity index (χ2n) is 14.0. The fourth-order valence-corrected chi connectivity index (χ4v) is 7.67. The van der Waals surface area contributed by atoms with Gasteiger partial charge in [-0.2, -0.15) is 9.68 Å². The van der Waals surface area contributed by atoms with Gasteiger partial charge in [-0.05, 0) is 25.7 Å². The first-order chi connectivity index (χ1) is 25.4. The number of ether oxygens (including phenoxy) is 2. The molecule has 8 atom stereocenters. The van der Waals surface area contributed by atoms with Gasteiger partial charge >= 0.3 is 5.09 Å². The molecule has 4 aromatic rings. The lowest BCUT2D eigenvalue weighted by molar-refractivity contribution is -0.982. The lowest BCUT2D eigenvalue weighted by Crippen LogP contribution is -2.36. The van der Waals surface area contributed by atoms with Crippen LogP contribution in [0.4, 0.5) is 11.6 Å². The maximum Gasteiger partial charge on any atom is 0.477 e. The number of nitrogens with one attached hydrogen (secondary N) is 2. The van der Waals surface area contributed by atoms with Gasteiger partial charge in [-0.15, -0.1) is 0 Å². The maximum atomic E-state index is 12.5. The highest BCUT2D eigenvalue weighted by molar-refractivity contribution is 5.83. The minimum atomic E-state index is -1.42. The zero-order valence-corrected chi connectivity index (χ0v) is 28.4. The SMILES string of the molecule is O=[N+](OC[C@H]1O[C@@H](n2cnc3c(NC4CCCCC4)ncnc32)[C@H](O)[C@H]1O)OC[C@H]1O[C@@H](n2cnc3c(NC4CCCCC4)ncnc32)[C@H](O)[C@H]1O. The highest BCUT2D eigenvalue weighted by Gasteiger charge is 2.48. The molecule has 2 aliphatic heterocycles. The molecule has 4 aliphatic rings. The molecule has 20 heteroatoms. The Balaban J connectivity index is 0.853. The minimum Gasteiger partial charge on any atom is -0.387 e. The van der Waals surface area contributed by atoms with Crippen molar-refractivity contribution in [3.05, 3.63) is 30.2 Å². The average molecular weight is 727 g/mol. The Morgan fingerprint density at radius 3 is 1.48 bits per heavy atom. The predicted molar refractivity (Wildman–Crippen MR) is 179 cm³/mol. The zero-order chi connectivity index (χ0) is 35.8. The van der Waals surface area contributed by atoms with Gasteiger partial charge in [-0.25, -0.2) is 29.9 Å². The quantitative estimate of drug-likeness (QED) is 0.112. The number of nitrogens with zero attached hydrogens (tertiary/aromatic N) is 9. The second-order valence-corrected chi connectivity index (χ2v) is 14.0. The summed E-state index contributed by atoms with van der Waals surface area (Å²) in [5.41, 5.74) is 1.82. The summed E-state index contributed by atoms with van der Waals surface area (Å²) in [5.74, 6) is 1.17. The van der Waals surface area contributed by atoms with Crippen molar-refractivity contribution in [1.82, 2.24) is 39.0 Å². The molecule has 0 spiro atoms. The Morgan fingerprint density at radius 2 is 1.06 bits per heavy atom. The summed E-state index contributed by atoms with van der Waals surface area (Å²) in [5, 5.41) is 49.9. The highest BCUT2D eigenvalue weighted by atomic mass is 17.0. The molecule has 2 aliphatic carbocycles. The third kappa shape index (κ3) is 6.81. The first-order valence-corrected chi connectivity index (χ1v) is 18.0. The van der Waals surface area contributed by atoms with Gasteiger partial charge in [0.15, 0.2) is 59.6 Å². The number of hydrogen-bond donors (Lipinski definition) is 6. The van der Waals surface area contributed by atoms with Crippen molar-refractivity contribution in [1.29, 1.82) is 0 Å². The van der Waals surface area contributed by atoms with Gasteiger partial charge in [0.05, 0.1) is 12.7 Å². The zero-order valence-electron chi connectivity index (χ0n) is 28.4. The molecule has 8 rings (SSSR count). The van der Waals surface area contributed by atoms with Crippen LogP contribution in [0.2, 0.25) is 0 Å². The van der Waals surface area contributed by atoms with Crippen LogP contribution in [0.3, 0.4) is 0 Å². The number of fused-ring (bicyclic) bond motifs is 2. The predicted octanol–water partition coefficient (Wildman–Crippen LogP) is 1.04. The highest BCUT2D eigenvalue weighted by Crippen LogP contribution is 2.35. The fourth-order valence-electron chi connectivity index (χ4n) is 7.67. The molecule has 0 bridgehead atoms. The summed E-state index contributed by atoms with van der Waals surface area (Å²) >= 11 is 0. The van der Waals surface area contributed by atoms with Crippen molar-refractivity contribution < 1.29 is 44.7 Å². The Morgan fingerprint density at radius 1 is 0.635 bits per heavy atom. The minimum absolute atomic E-state index is 0.197. The number of anilines is 2. The molecule has 0 unspecified atom stereocenters. The van der Waals surface area contributed by atoms with E-state index in [1.54, 1.807) is 0 Å². The van der Waals surface area contributed by atoms with Crippen molar-refractivity contribution in [2.75, 3.05) is 23.8 Å². The number of aliphatic hydroxyl groups is 4. The van der Waals surface area contributed by atoms with Crippen LogP contribution in [0, 0.1) is 4.91 Å². The van der Waals surface area contributed by atoms with Gasteiger partial charge in [0, 0.05) is 12.1 Å². The Kier molecular flexibility index (Phi) is 9.99. The topological polar surface area (TPSA) is 249 Å². The molecule has 6 N–H and O–H groups in total. The van der Waals surface area contributed by atoms with Crippen molar-refractivity contribution in [3.63, 3.8) is 0 Å². The van der Waals surface area contributed by atoms with E-state index < -0.39 is 62.3 Å². The molecule has 6 heterocycles. The molecule has 280 valence electrons. The molecule has 0 radical (unpaired) electrons. The molecular formula is C32H44N11O9+. The Labute approximate surface area is 297 Å². The van der Waals surface area contributed by atoms with Gasteiger partial charge in [0.25, 0.3) is 0 Å². The summed E-state index contributed by atoms with van der Waals surface area (Å²) in [6, 6.07) is 0.574. The number of imidazole rings is 2. The molecule has 52 heavy (non-hydrogen) atoms. The third-order valence-electron chi connectivity index (χ3n) is 10.5.